The first-order valence-electron chi connectivity index (χ1n) is 6.90. The summed E-state index contributed by atoms with van der Waals surface area (Å²) in [5.74, 6) is -0.971. The molecule has 106 valence electrons. The van der Waals surface area contributed by atoms with Gasteiger partial charge in [-0.1, -0.05) is 25.5 Å². The van der Waals surface area contributed by atoms with Gasteiger partial charge in [0.15, 0.2) is 0 Å². The fourth-order valence-electron chi connectivity index (χ4n) is 3.29. The van der Waals surface area contributed by atoms with Crippen LogP contribution >= 0.6 is 0 Å². The van der Waals surface area contributed by atoms with Gasteiger partial charge in [-0.2, -0.15) is 0 Å². The lowest BCUT2D eigenvalue weighted by atomic mass is 9.75. The number of carboxylic acid groups (broad SMARTS) is 1. The first-order chi connectivity index (χ1) is 9.13. The van der Waals surface area contributed by atoms with Gasteiger partial charge in [0, 0.05) is 12.6 Å². The lowest BCUT2D eigenvalue weighted by molar-refractivity contribution is -0.145. The molecule has 2 rings (SSSR count). The predicted molar refractivity (Wildman–Crippen MR) is 69.7 cm³/mol. The van der Waals surface area contributed by atoms with Crippen molar-refractivity contribution in [1.29, 1.82) is 0 Å². The van der Waals surface area contributed by atoms with Gasteiger partial charge in [0.2, 0.25) is 0 Å². The third kappa shape index (κ3) is 3.08. The average Bonchev–Trinajstić information content (AvgIpc) is 2.43. The maximum atomic E-state index is 12.0. The number of amides is 1. The molecule has 0 aromatic rings. The number of likely N-dealkylation sites (tertiary alicyclic amines) is 1. The molecule has 0 radical (unpaired) electrons. The fourth-order valence-corrected chi connectivity index (χ4v) is 3.29. The maximum absolute atomic E-state index is 12.0. The van der Waals surface area contributed by atoms with Crippen molar-refractivity contribution in [3.63, 3.8) is 0 Å². The van der Waals surface area contributed by atoms with Crippen LogP contribution in [0.3, 0.4) is 0 Å². The van der Waals surface area contributed by atoms with E-state index in [4.69, 9.17) is 4.74 Å². The summed E-state index contributed by atoms with van der Waals surface area (Å²) in [5.41, 5.74) is 0. The summed E-state index contributed by atoms with van der Waals surface area (Å²) in [6, 6.07) is 0.154. The van der Waals surface area contributed by atoms with E-state index in [0.717, 1.165) is 25.7 Å². The standard InChI is InChI=1S/C14H21NO4/c1-2-7-19-14(18)15-9-11(13(16)17)8-10-5-3-4-6-12(10)15/h2,10-12H,1,3-9H2,(H,16,17). The van der Waals surface area contributed by atoms with Crippen LogP contribution in [0, 0.1) is 11.8 Å². The van der Waals surface area contributed by atoms with Crippen LogP contribution in [0.4, 0.5) is 4.79 Å². The first-order valence-corrected chi connectivity index (χ1v) is 6.90. The van der Waals surface area contributed by atoms with Crippen LogP contribution in [0.15, 0.2) is 12.7 Å². The van der Waals surface area contributed by atoms with Crippen molar-refractivity contribution in [3.8, 4) is 0 Å². The molecule has 0 spiro atoms. The number of carbonyl (C=O) groups is 2. The van der Waals surface area contributed by atoms with Gasteiger partial charge in [0.05, 0.1) is 5.92 Å². The quantitative estimate of drug-likeness (QED) is 0.797. The second-order valence-corrected chi connectivity index (χ2v) is 5.40. The summed E-state index contributed by atoms with van der Waals surface area (Å²) in [6.07, 6.45) is 6.01. The minimum atomic E-state index is -0.814. The lowest BCUT2D eigenvalue weighted by Crippen LogP contribution is -2.54. The van der Waals surface area contributed by atoms with Crippen LogP contribution in [0.1, 0.15) is 32.1 Å². The van der Waals surface area contributed by atoms with Gasteiger partial charge in [-0.25, -0.2) is 4.79 Å². The van der Waals surface area contributed by atoms with Crippen molar-refractivity contribution in [2.24, 2.45) is 11.8 Å². The van der Waals surface area contributed by atoms with Gasteiger partial charge in [-0.3, -0.25) is 4.79 Å². The highest BCUT2D eigenvalue weighted by atomic mass is 16.6. The van der Waals surface area contributed by atoms with Gasteiger partial charge in [0.25, 0.3) is 0 Å². The molecule has 0 aromatic carbocycles. The Morgan fingerprint density at radius 3 is 2.79 bits per heavy atom. The van der Waals surface area contributed by atoms with E-state index in [0.29, 0.717) is 12.3 Å². The lowest BCUT2D eigenvalue weighted by Gasteiger charge is -2.45. The summed E-state index contributed by atoms with van der Waals surface area (Å²) >= 11 is 0. The van der Waals surface area contributed by atoms with Crippen molar-refractivity contribution in [2.45, 2.75) is 38.1 Å². The third-order valence-corrected chi connectivity index (χ3v) is 4.18. The topological polar surface area (TPSA) is 66.8 Å². The number of hydrogen-bond acceptors (Lipinski definition) is 3. The van der Waals surface area contributed by atoms with E-state index in [1.165, 1.54) is 6.08 Å². The summed E-state index contributed by atoms with van der Waals surface area (Å²) in [5, 5.41) is 9.21. The van der Waals surface area contributed by atoms with Crippen molar-refractivity contribution >= 4 is 12.1 Å². The molecule has 3 atom stereocenters. The fraction of sp³-hybridized carbons (Fsp3) is 0.714. The van der Waals surface area contributed by atoms with E-state index in [1.807, 2.05) is 0 Å². The molecule has 5 nitrogen and oxygen atoms in total. The molecule has 1 amide bonds. The van der Waals surface area contributed by atoms with E-state index >= 15 is 0 Å². The van der Waals surface area contributed by atoms with Gasteiger partial charge in [0.1, 0.15) is 6.61 Å². The number of carboxylic acids is 1. The highest BCUT2D eigenvalue weighted by Gasteiger charge is 2.42. The number of piperidine rings is 1. The van der Waals surface area contributed by atoms with E-state index in [1.54, 1.807) is 4.90 Å². The highest BCUT2D eigenvalue weighted by Crippen LogP contribution is 2.37. The molecular weight excluding hydrogens is 246 g/mol. The smallest absolute Gasteiger partial charge is 0.410 e. The minimum absolute atomic E-state index is 0.154. The van der Waals surface area contributed by atoms with Crippen LogP contribution < -0.4 is 0 Å². The molecule has 1 heterocycles. The number of ether oxygens (including phenoxy) is 1. The van der Waals surface area contributed by atoms with Gasteiger partial charge < -0.3 is 14.7 Å². The molecule has 2 aliphatic rings. The minimum Gasteiger partial charge on any atom is -0.481 e. The largest absolute Gasteiger partial charge is 0.481 e. The number of fused-ring (bicyclic) bond motifs is 1. The molecule has 1 saturated heterocycles. The molecule has 0 bridgehead atoms. The molecule has 2 fully saturated rings. The van der Waals surface area contributed by atoms with Crippen LogP contribution in [-0.4, -0.2) is 41.3 Å². The summed E-state index contributed by atoms with van der Waals surface area (Å²) in [7, 11) is 0. The molecule has 19 heavy (non-hydrogen) atoms. The Balaban J connectivity index is 2.09. The van der Waals surface area contributed by atoms with Gasteiger partial charge >= 0.3 is 12.1 Å². The Bertz CT molecular complexity index is 368. The van der Waals surface area contributed by atoms with E-state index in [2.05, 4.69) is 6.58 Å². The molecule has 0 aromatic heterocycles. The van der Waals surface area contributed by atoms with E-state index in [-0.39, 0.29) is 19.2 Å². The SMILES string of the molecule is C=CCOC(=O)N1CC(C(=O)O)CC2CCCCC21. The molecular formula is C14H21NO4. The zero-order valence-electron chi connectivity index (χ0n) is 11.1. The molecule has 1 saturated carbocycles. The first kappa shape index (κ1) is 13.9. The zero-order valence-corrected chi connectivity index (χ0v) is 11.1. The Labute approximate surface area is 113 Å². The summed E-state index contributed by atoms with van der Waals surface area (Å²) < 4.78 is 5.08. The van der Waals surface area contributed by atoms with Crippen LogP contribution in [0.2, 0.25) is 0 Å². The number of rotatable bonds is 3. The monoisotopic (exact) mass is 267 g/mol. The van der Waals surface area contributed by atoms with Gasteiger partial charge in [-0.15, -0.1) is 0 Å². The van der Waals surface area contributed by atoms with E-state index < -0.39 is 18.0 Å². The van der Waals surface area contributed by atoms with Crippen molar-refractivity contribution in [2.75, 3.05) is 13.2 Å². The summed E-state index contributed by atoms with van der Waals surface area (Å²) in [6.45, 7) is 3.95. The van der Waals surface area contributed by atoms with Crippen LogP contribution in [-0.2, 0) is 9.53 Å². The number of hydrogen-bond donors (Lipinski definition) is 1. The van der Waals surface area contributed by atoms with Crippen molar-refractivity contribution < 1.29 is 19.4 Å². The van der Waals surface area contributed by atoms with Gasteiger partial charge in [-0.05, 0) is 25.2 Å². The molecule has 1 aliphatic heterocycles. The number of nitrogens with zero attached hydrogens (tertiary/aromatic N) is 1. The Morgan fingerprint density at radius 1 is 1.37 bits per heavy atom. The van der Waals surface area contributed by atoms with Crippen LogP contribution in [0.25, 0.3) is 0 Å². The average molecular weight is 267 g/mol. The predicted octanol–water partition coefficient (Wildman–Crippen LogP) is 2.27. The highest BCUT2D eigenvalue weighted by molar-refractivity contribution is 5.73. The Morgan fingerprint density at radius 2 is 2.11 bits per heavy atom. The Kier molecular flexibility index (Phi) is 4.45. The third-order valence-electron chi connectivity index (χ3n) is 4.18. The molecule has 1 aliphatic carbocycles. The summed E-state index contributed by atoms with van der Waals surface area (Å²) in [4.78, 5) is 24.9. The molecule has 3 unspecified atom stereocenters. The van der Waals surface area contributed by atoms with E-state index in [9.17, 15) is 14.7 Å². The zero-order chi connectivity index (χ0) is 13.8. The van der Waals surface area contributed by atoms with Crippen molar-refractivity contribution in [1.82, 2.24) is 4.90 Å². The normalized spacial score (nSPS) is 30.3. The van der Waals surface area contributed by atoms with Crippen LogP contribution in [0.5, 0.6) is 0 Å². The number of carbonyl (C=O) groups excluding carboxylic acids is 1. The number of aliphatic carboxylic acids is 1. The molecule has 1 N–H and O–H groups in total. The van der Waals surface area contributed by atoms with Crippen molar-refractivity contribution in [3.05, 3.63) is 12.7 Å². The second-order valence-electron chi connectivity index (χ2n) is 5.40. The Hall–Kier alpha value is -1.52. The molecule has 5 heteroatoms. The second kappa shape index (κ2) is 6.08. The maximum Gasteiger partial charge on any atom is 0.410 e.